The number of rotatable bonds is 5. The number of hydrogen-bond acceptors (Lipinski definition) is 2. The Morgan fingerprint density at radius 1 is 0.958 bits per heavy atom. The van der Waals surface area contributed by atoms with E-state index in [1.54, 1.807) is 7.05 Å². The highest BCUT2D eigenvalue weighted by atomic mass is 16.1. The molecular weight excluding hydrogens is 296 g/mol. The maximum Gasteiger partial charge on any atom is 0.224 e. The van der Waals surface area contributed by atoms with Gasteiger partial charge in [0.15, 0.2) is 0 Å². The number of nitrogens with one attached hydrogen (secondary N) is 2. The highest BCUT2D eigenvalue weighted by Gasteiger charge is 2.22. The maximum atomic E-state index is 11.4. The first-order valence-corrected chi connectivity index (χ1v) is 8.85. The molecule has 1 aliphatic rings. The molecule has 0 spiro atoms. The van der Waals surface area contributed by atoms with E-state index in [1.807, 2.05) is 12.1 Å². The summed E-state index contributed by atoms with van der Waals surface area (Å²) in [5.41, 5.74) is 3.68. The normalized spacial score (nSPS) is 20.4. The summed E-state index contributed by atoms with van der Waals surface area (Å²) in [5, 5.41) is 6.30. The first-order chi connectivity index (χ1) is 11.7. The lowest BCUT2D eigenvalue weighted by molar-refractivity contribution is -0.119. The van der Waals surface area contributed by atoms with E-state index in [-0.39, 0.29) is 5.91 Å². The van der Waals surface area contributed by atoms with E-state index < -0.39 is 0 Å². The van der Waals surface area contributed by atoms with Crippen LogP contribution in [0.15, 0.2) is 54.6 Å². The average molecular weight is 322 g/mol. The molecule has 0 radical (unpaired) electrons. The van der Waals surface area contributed by atoms with Crippen LogP contribution in [0, 0.1) is 0 Å². The Hall–Kier alpha value is -2.29. The number of anilines is 1. The first-order valence-electron chi connectivity index (χ1n) is 8.85. The van der Waals surface area contributed by atoms with Crippen LogP contribution in [0.5, 0.6) is 0 Å². The Labute approximate surface area is 144 Å². The van der Waals surface area contributed by atoms with Gasteiger partial charge in [-0.2, -0.15) is 0 Å². The summed E-state index contributed by atoms with van der Waals surface area (Å²) in [7, 11) is 1.67. The van der Waals surface area contributed by atoms with Crippen LogP contribution in [-0.2, 0) is 11.2 Å². The highest BCUT2D eigenvalue weighted by molar-refractivity contribution is 5.78. The Morgan fingerprint density at radius 2 is 1.62 bits per heavy atom. The Kier molecular flexibility index (Phi) is 5.52. The molecule has 1 amide bonds. The van der Waals surface area contributed by atoms with Crippen molar-refractivity contribution in [1.29, 1.82) is 0 Å². The van der Waals surface area contributed by atoms with Gasteiger partial charge in [-0.15, -0.1) is 0 Å². The number of hydrogen-bond donors (Lipinski definition) is 2. The fourth-order valence-corrected chi connectivity index (χ4v) is 3.52. The summed E-state index contributed by atoms with van der Waals surface area (Å²) in [6.07, 6.45) is 5.35. The molecule has 0 heterocycles. The minimum Gasteiger partial charge on any atom is -0.382 e. The first kappa shape index (κ1) is 16.6. The minimum atomic E-state index is 0.0509. The van der Waals surface area contributed by atoms with Gasteiger partial charge in [0.25, 0.3) is 0 Å². The number of benzene rings is 2. The summed E-state index contributed by atoms with van der Waals surface area (Å²) in [6.45, 7) is 0. The average Bonchev–Trinajstić information content (AvgIpc) is 2.64. The van der Waals surface area contributed by atoms with Crippen LogP contribution in [0.2, 0.25) is 0 Å². The fourth-order valence-electron chi connectivity index (χ4n) is 3.52. The molecule has 1 fully saturated rings. The quantitative estimate of drug-likeness (QED) is 0.869. The van der Waals surface area contributed by atoms with Crippen molar-refractivity contribution in [2.75, 3.05) is 12.4 Å². The summed E-state index contributed by atoms with van der Waals surface area (Å²) in [6, 6.07) is 19.7. The lowest BCUT2D eigenvalue weighted by Gasteiger charge is -2.30. The van der Waals surface area contributed by atoms with E-state index in [9.17, 15) is 4.79 Å². The zero-order valence-electron chi connectivity index (χ0n) is 14.3. The molecule has 2 N–H and O–H groups in total. The second-order valence-electron chi connectivity index (χ2n) is 6.65. The van der Waals surface area contributed by atoms with Crippen molar-refractivity contribution in [3.63, 3.8) is 0 Å². The topological polar surface area (TPSA) is 41.1 Å². The summed E-state index contributed by atoms with van der Waals surface area (Å²) in [5.74, 6) is 0.758. The second-order valence-corrected chi connectivity index (χ2v) is 6.65. The molecule has 2 aromatic carbocycles. The van der Waals surface area contributed by atoms with Crippen LogP contribution in [-0.4, -0.2) is 19.0 Å². The van der Waals surface area contributed by atoms with Crippen molar-refractivity contribution in [3.05, 3.63) is 65.7 Å². The van der Waals surface area contributed by atoms with E-state index in [0.717, 1.165) is 11.3 Å². The van der Waals surface area contributed by atoms with Crippen molar-refractivity contribution in [2.24, 2.45) is 0 Å². The molecule has 3 nitrogen and oxygen atoms in total. The van der Waals surface area contributed by atoms with Gasteiger partial charge in [-0.25, -0.2) is 0 Å². The zero-order valence-corrected chi connectivity index (χ0v) is 14.3. The number of carbonyl (C=O) groups excluding carboxylic acids is 1. The third-order valence-electron chi connectivity index (χ3n) is 4.97. The molecule has 2 aromatic rings. The molecule has 0 aromatic heterocycles. The van der Waals surface area contributed by atoms with Gasteiger partial charge in [-0.3, -0.25) is 4.79 Å². The standard InChI is InChI=1S/C21H26N2O/c1-22-21(24)15-16-7-11-19(12-8-16)23-20-13-9-18(10-14-20)17-5-3-2-4-6-17/h2-8,11-12,18,20,23H,9-10,13-15H2,1H3,(H,22,24). The number of carbonyl (C=O) groups is 1. The zero-order chi connectivity index (χ0) is 16.8. The van der Waals surface area contributed by atoms with Gasteiger partial charge >= 0.3 is 0 Å². The molecule has 0 bridgehead atoms. The number of amides is 1. The van der Waals surface area contributed by atoms with Gasteiger partial charge in [-0.1, -0.05) is 42.5 Å². The molecule has 0 saturated heterocycles. The van der Waals surface area contributed by atoms with E-state index in [2.05, 4.69) is 53.1 Å². The van der Waals surface area contributed by atoms with Gasteiger partial charge in [0.1, 0.15) is 0 Å². The predicted molar refractivity (Wildman–Crippen MR) is 99.3 cm³/mol. The minimum absolute atomic E-state index is 0.0509. The number of likely N-dealkylation sites (N-methyl/N-ethyl adjacent to an activating group) is 1. The van der Waals surface area contributed by atoms with Crippen molar-refractivity contribution >= 4 is 11.6 Å². The molecule has 0 atom stereocenters. The van der Waals surface area contributed by atoms with Gasteiger partial charge in [0.2, 0.25) is 5.91 Å². The Bertz CT molecular complexity index is 643. The lowest BCUT2D eigenvalue weighted by Crippen LogP contribution is -2.25. The molecule has 3 heteroatoms. The largest absolute Gasteiger partial charge is 0.382 e. The Morgan fingerprint density at radius 3 is 2.25 bits per heavy atom. The third-order valence-corrected chi connectivity index (χ3v) is 4.97. The smallest absolute Gasteiger partial charge is 0.224 e. The molecule has 3 rings (SSSR count). The van der Waals surface area contributed by atoms with Crippen LogP contribution < -0.4 is 10.6 Å². The van der Waals surface area contributed by atoms with Crippen molar-refractivity contribution in [1.82, 2.24) is 5.32 Å². The van der Waals surface area contributed by atoms with Crippen LogP contribution in [0.4, 0.5) is 5.69 Å². The van der Waals surface area contributed by atoms with E-state index in [4.69, 9.17) is 0 Å². The molecule has 24 heavy (non-hydrogen) atoms. The van der Waals surface area contributed by atoms with Crippen LogP contribution >= 0.6 is 0 Å². The van der Waals surface area contributed by atoms with Gasteiger partial charge in [0, 0.05) is 18.8 Å². The predicted octanol–water partition coefficient (Wildman–Crippen LogP) is 4.11. The summed E-state index contributed by atoms with van der Waals surface area (Å²) < 4.78 is 0. The van der Waals surface area contributed by atoms with E-state index in [1.165, 1.54) is 31.2 Å². The summed E-state index contributed by atoms with van der Waals surface area (Å²) >= 11 is 0. The SMILES string of the molecule is CNC(=O)Cc1ccc(NC2CCC(c3ccccc3)CC2)cc1. The maximum absolute atomic E-state index is 11.4. The molecule has 1 saturated carbocycles. The third kappa shape index (κ3) is 4.38. The molecule has 126 valence electrons. The molecule has 0 unspecified atom stereocenters. The monoisotopic (exact) mass is 322 g/mol. The molecule has 0 aliphatic heterocycles. The van der Waals surface area contributed by atoms with Crippen LogP contribution in [0.1, 0.15) is 42.7 Å². The van der Waals surface area contributed by atoms with Crippen LogP contribution in [0.25, 0.3) is 0 Å². The van der Waals surface area contributed by atoms with Gasteiger partial charge in [-0.05, 0) is 54.9 Å². The lowest BCUT2D eigenvalue weighted by atomic mass is 9.82. The molecular formula is C21H26N2O. The molecule has 1 aliphatic carbocycles. The van der Waals surface area contributed by atoms with Gasteiger partial charge < -0.3 is 10.6 Å². The van der Waals surface area contributed by atoms with Crippen molar-refractivity contribution in [3.8, 4) is 0 Å². The van der Waals surface area contributed by atoms with Gasteiger partial charge in [0.05, 0.1) is 6.42 Å². The van der Waals surface area contributed by atoms with E-state index >= 15 is 0 Å². The fraction of sp³-hybridized carbons (Fsp3) is 0.381. The second kappa shape index (κ2) is 8.00. The van der Waals surface area contributed by atoms with Crippen molar-refractivity contribution in [2.45, 2.75) is 44.1 Å². The van der Waals surface area contributed by atoms with Crippen molar-refractivity contribution < 1.29 is 4.79 Å². The summed E-state index contributed by atoms with van der Waals surface area (Å²) in [4.78, 5) is 11.4. The van der Waals surface area contributed by atoms with E-state index in [0.29, 0.717) is 18.4 Å². The van der Waals surface area contributed by atoms with Crippen LogP contribution in [0.3, 0.4) is 0 Å². The highest BCUT2D eigenvalue weighted by Crippen LogP contribution is 2.33. The Balaban J connectivity index is 1.50.